The molecule has 5 nitrogen and oxygen atoms in total. The topological polar surface area (TPSA) is 58.6 Å². The van der Waals surface area contributed by atoms with E-state index in [0.717, 1.165) is 0 Å². The first-order valence-corrected chi connectivity index (χ1v) is 6.40. The van der Waals surface area contributed by atoms with E-state index in [1.165, 1.54) is 30.2 Å². The number of ether oxygens (including phenoxy) is 1. The van der Waals surface area contributed by atoms with Gasteiger partial charge in [0, 0.05) is 18.8 Å². The summed E-state index contributed by atoms with van der Waals surface area (Å²) in [5.74, 6) is -0.984. The molecule has 0 radical (unpaired) electrons. The fourth-order valence-corrected chi connectivity index (χ4v) is 2.36. The quantitative estimate of drug-likeness (QED) is 0.844. The number of carbonyl (C=O) groups is 2. The lowest BCUT2D eigenvalue weighted by atomic mass is 9.99. The van der Waals surface area contributed by atoms with Gasteiger partial charge in [0.1, 0.15) is 5.82 Å². The summed E-state index contributed by atoms with van der Waals surface area (Å²) in [6.45, 7) is 2.69. The number of esters is 1. The molecule has 0 aliphatic carbocycles. The van der Waals surface area contributed by atoms with E-state index in [0.29, 0.717) is 18.8 Å². The number of carbonyl (C=O) groups excluding carboxylic acids is 2. The zero-order valence-corrected chi connectivity index (χ0v) is 11.4. The van der Waals surface area contributed by atoms with Crippen LogP contribution in [0, 0.1) is 17.7 Å². The van der Waals surface area contributed by atoms with E-state index in [9.17, 15) is 14.0 Å². The smallest absolute Gasteiger partial charge is 0.321 e. The van der Waals surface area contributed by atoms with E-state index in [1.54, 1.807) is 6.07 Å². The number of nitrogens with one attached hydrogen (secondary N) is 1. The van der Waals surface area contributed by atoms with Crippen LogP contribution in [0.5, 0.6) is 0 Å². The first-order chi connectivity index (χ1) is 9.51. The number of nitrogens with zero attached hydrogens (tertiary/aromatic N) is 1. The minimum atomic E-state index is -0.412. The lowest BCUT2D eigenvalue weighted by Crippen LogP contribution is -2.34. The zero-order valence-electron chi connectivity index (χ0n) is 11.4. The number of halogens is 1. The van der Waals surface area contributed by atoms with Gasteiger partial charge in [-0.1, -0.05) is 13.0 Å². The Hall–Kier alpha value is -2.11. The van der Waals surface area contributed by atoms with Crippen LogP contribution in [0.1, 0.15) is 6.92 Å². The van der Waals surface area contributed by atoms with Crippen molar-refractivity contribution in [1.82, 2.24) is 4.90 Å². The van der Waals surface area contributed by atoms with Crippen molar-refractivity contribution in [2.24, 2.45) is 11.8 Å². The van der Waals surface area contributed by atoms with Gasteiger partial charge in [-0.15, -0.1) is 0 Å². The Balaban J connectivity index is 1.99. The lowest BCUT2D eigenvalue weighted by Gasteiger charge is -2.17. The van der Waals surface area contributed by atoms with Crippen molar-refractivity contribution in [3.63, 3.8) is 0 Å². The number of hydrogen-bond acceptors (Lipinski definition) is 3. The second-order valence-electron chi connectivity index (χ2n) is 4.95. The molecule has 0 saturated carbocycles. The summed E-state index contributed by atoms with van der Waals surface area (Å²) in [7, 11) is 1.34. The van der Waals surface area contributed by atoms with Crippen LogP contribution < -0.4 is 5.32 Å². The molecule has 2 atom stereocenters. The van der Waals surface area contributed by atoms with Crippen LogP contribution in [-0.4, -0.2) is 37.1 Å². The number of methoxy groups -OCH3 is 1. The van der Waals surface area contributed by atoms with Crippen molar-refractivity contribution in [1.29, 1.82) is 0 Å². The van der Waals surface area contributed by atoms with Crippen LogP contribution in [0.4, 0.5) is 14.9 Å². The van der Waals surface area contributed by atoms with Crippen LogP contribution >= 0.6 is 0 Å². The Kier molecular flexibility index (Phi) is 4.22. The lowest BCUT2D eigenvalue weighted by molar-refractivity contribution is -0.145. The molecule has 1 aromatic rings. The van der Waals surface area contributed by atoms with Gasteiger partial charge in [-0.05, 0) is 24.1 Å². The predicted octanol–water partition coefficient (Wildman–Crippen LogP) is 2.10. The van der Waals surface area contributed by atoms with Gasteiger partial charge < -0.3 is 15.0 Å². The van der Waals surface area contributed by atoms with Gasteiger partial charge in [0.05, 0.1) is 13.0 Å². The highest BCUT2D eigenvalue weighted by Crippen LogP contribution is 2.24. The van der Waals surface area contributed by atoms with E-state index < -0.39 is 5.82 Å². The first kappa shape index (κ1) is 14.3. The molecule has 1 aliphatic heterocycles. The molecule has 0 bridgehead atoms. The monoisotopic (exact) mass is 280 g/mol. The summed E-state index contributed by atoms with van der Waals surface area (Å²) in [5, 5.41) is 2.62. The molecule has 0 spiro atoms. The van der Waals surface area contributed by atoms with Crippen molar-refractivity contribution in [2.45, 2.75) is 6.92 Å². The third-order valence-electron chi connectivity index (χ3n) is 3.48. The Labute approximate surface area is 116 Å². The average molecular weight is 280 g/mol. The van der Waals surface area contributed by atoms with Gasteiger partial charge in [0.15, 0.2) is 0 Å². The Morgan fingerprint density at radius 3 is 2.80 bits per heavy atom. The minimum absolute atomic E-state index is 0.0423. The number of anilines is 1. The zero-order chi connectivity index (χ0) is 14.7. The summed E-state index contributed by atoms with van der Waals surface area (Å²) in [4.78, 5) is 25.2. The third-order valence-corrected chi connectivity index (χ3v) is 3.48. The maximum Gasteiger partial charge on any atom is 0.321 e. The fourth-order valence-electron chi connectivity index (χ4n) is 2.36. The van der Waals surface area contributed by atoms with Crippen LogP contribution in [0.15, 0.2) is 24.3 Å². The van der Waals surface area contributed by atoms with Gasteiger partial charge in [-0.25, -0.2) is 9.18 Å². The van der Waals surface area contributed by atoms with E-state index in [1.807, 2.05) is 6.92 Å². The molecule has 1 N–H and O–H groups in total. The molecule has 20 heavy (non-hydrogen) atoms. The highest BCUT2D eigenvalue weighted by atomic mass is 19.1. The maximum atomic E-state index is 13.0. The summed E-state index contributed by atoms with van der Waals surface area (Å²) < 4.78 is 17.8. The Morgan fingerprint density at radius 1 is 1.40 bits per heavy atom. The van der Waals surface area contributed by atoms with Crippen molar-refractivity contribution in [3.05, 3.63) is 30.1 Å². The molecular weight excluding hydrogens is 263 g/mol. The minimum Gasteiger partial charge on any atom is -0.469 e. The molecule has 1 saturated heterocycles. The summed E-state index contributed by atoms with van der Waals surface area (Å²) in [5.41, 5.74) is 0.393. The van der Waals surface area contributed by atoms with Crippen LogP contribution in [0.3, 0.4) is 0 Å². The number of urea groups is 1. The van der Waals surface area contributed by atoms with Crippen LogP contribution in [0.25, 0.3) is 0 Å². The van der Waals surface area contributed by atoms with Crippen molar-refractivity contribution in [2.75, 3.05) is 25.5 Å². The summed E-state index contributed by atoms with van der Waals surface area (Å²) in [6, 6.07) is 5.34. The number of benzene rings is 1. The molecular formula is C14H17FN2O3. The molecule has 2 rings (SSSR count). The highest BCUT2D eigenvalue weighted by molar-refractivity contribution is 5.90. The van der Waals surface area contributed by atoms with E-state index >= 15 is 0 Å². The summed E-state index contributed by atoms with van der Waals surface area (Å²) >= 11 is 0. The van der Waals surface area contributed by atoms with Crippen LogP contribution in [0.2, 0.25) is 0 Å². The van der Waals surface area contributed by atoms with Gasteiger partial charge in [-0.2, -0.15) is 0 Å². The normalized spacial score (nSPS) is 21.6. The predicted molar refractivity (Wildman–Crippen MR) is 71.7 cm³/mol. The molecule has 0 aromatic heterocycles. The number of amides is 2. The molecule has 2 amide bonds. The first-order valence-electron chi connectivity index (χ1n) is 6.40. The van der Waals surface area contributed by atoms with Gasteiger partial charge in [-0.3, -0.25) is 4.79 Å². The molecule has 1 heterocycles. The average Bonchev–Trinajstić information content (AvgIpc) is 2.80. The second-order valence-corrected chi connectivity index (χ2v) is 4.95. The third kappa shape index (κ3) is 3.07. The van der Waals surface area contributed by atoms with Gasteiger partial charge >= 0.3 is 12.0 Å². The van der Waals surface area contributed by atoms with Gasteiger partial charge in [0.2, 0.25) is 0 Å². The maximum absolute atomic E-state index is 13.0. The van der Waals surface area contributed by atoms with Crippen LogP contribution in [-0.2, 0) is 9.53 Å². The second kappa shape index (κ2) is 5.90. The Morgan fingerprint density at radius 2 is 2.15 bits per heavy atom. The fraction of sp³-hybridized carbons (Fsp3) is 0.429. The standard InChI is InChI=1S/C14H17FN2O3/c1-9-7-17(8-12(9)13(18)20-2)14(19)16-11-5-3-4-10(15)6-11/h3-6,9,12H,7-8H2,1-2H3,(H,16,19). The highest BCUT2D eigenvalue weighted by Gasteiger charge is 2.37. The summed E-state index contributed by atoms with van der Waals surface area (Å²) in [6.07, 6.45) is 0. The molecule has 1 fully saturated rings. The molecule has 108 valence electrons. The molecule has 1 aromatic carbocycles. The number of rotatable bonds is 2. The largest absolute Gasteiger partial charge is 0.469 e. The SMILES string of the molecule is COC(=O)C1CN(C(=O)Nc2cccc(F)c2)CC1C. The number of likely N-dealkylation sites (tertiary alicyclic amines) is 1. The van der Waals surface area contributed by atoms with Crippen molar-refractivity contribution >= 4 is 17.7 Å². The van der Waals surface area contributed by atoms with Gasteiger partial charge in [0.25, 0.3) is 0 Å². The van der Waals surface area contributed by atoms with Crippen molar-refractivity contribution in [3.8, 4) is 0 Å². The van der Waals surface area contributed by atoms with Crippen molar-refractivity contribution < 1.29 is 18.7 Å². The molecule has 6 heteroatoms. The van der Waals surface area contributed by atoms with E-state index in [2.05, 4.69) is 5.32 Å². The van der Waals surface area contributed by atoms with E-state index in [4.69, 9.17) is 4.74 Å². The Bertz CT molecular complexity index is 521. The van der Waals surface area contributed by atoms with E-state index in [-0.39, 0.29) is 23.8 Å². The molecule has 2 unspecified atom stereocenters. The molecule has 1 aliphatic rings. The number of hydrogen-bond donors (Lipinski definition) is 1.